The van der Waals surface area contributed by atoms with Crippen LogP contribution in [0.15, 0.2) is 5.38 Å². The van der Waals surface area contributed by atoms with Crippen LogP contribution in [0.1, 0.15) is 42.8 Å². The van der Waals surface area contributed by atoms with Crippen molar-refractivity contribution in [3.05, 3.63) is 16.1 Å². The number of thiazole rings is 1. The molecule has 1 unspecified atom stereocenters. The second kappa shape index (κ2) is 5.25. The average molecular weight is 240 g/mol. The topological polar surface area (TPSA) is 36.4 Å². The van der Waals surface area contributed by atoms with Crippen LogP contribution in [0.2, 0.25) is 0 Å². The van der Waals surface area contributed by atoms with Gasteiger partial charge in [-0.15, -0.1) is 11.3 Å². The first-order valence-corrected chi connectivity index (χ1v) is 6.88. The van der Waals surface area contributed by atoms with E-state index in [1.807, 2.05) is 14.0 Å². The number of hydrogen-bond acceptors (Lipinski definition) is 4. The number of nitrogens with zero attached hydrogens (tertiary/aromatic N) is 2. The first-order chi connectivity index (χ1) is 7.69. The van der Waals surface area contributed by atoms with E-state index in [0.717, 1.165) is 31.1 Å². The van der Waals surface area contributed by atoms with Gasteiger partial charge in [-0.3, -0.25) is 4.90 Å². The number of hydrogen-bond donors (Lipinski definition) is 1. The minimum Gasteiger partial charge on any atom is -0.392 e. The van der Waals surface area contributed by atoms with Gasteiger partial charge in [-0.2, -0.15) is 0 Å². The third kappa shape index (κ3) is 3.27. The van der Waals surface area contributed by atoms with E-state index in [2.05, 4.69) is 15.3 Å². The van der Waals surface area contributed by atoms with Crippen LogP contribution in [0.5, 0.6) is 0 Å². The third-order valence-electron chi connectivity index (χ3n) is 2.92. The predicted molar refractivity (Wildman–Crippen MR) is 66.7 cm³/mol. The number of aliphatic hydroxyl groups is 1. The van der Waals surface area contributed by atoms with Gasteiger partial charge in [0.2, 0.25) is 0 Å². The summed E-state index contributed by atoms with van der Waals surface area (Å²) in [6.45, 7) is 3.58. The van der Waals surface area contributed by atoms with E-state index < -0.39 is 0 Å². The van der Waals surface area contributed by atoms with E-state index in [9.17, 15) is 5.11 Å². The van der Waals surface area contributed by atoms with Crippen LogP contribution in [-0.4, -0.2) is 34.7 Å². The molecule has 90 valence electrons. The van der Waals surface area contributed by atoms with Crippen LogP contribution in [0, 0.1) is 0 Å². The third-order valence-corrected chi connectivity index (χ3v) is 3.98. The van der Waals surface area contributed by atoms with Gasteiger partial charge in [0.1, 0.15) is 0 Å². The molecule has 2 rings (SSSR count). The van der Waals surface area contributed by atoms with Crippen molar-refractivity contribution in [1.82, 2.24) is 9.88 Å². The quantitative estimate of drug-likeness (QED) is 0.828. The zero-order valence-electron chi connectivity index (χ0n) is 10.0. The lowest BCUT2D eigenvalue weighted by Crippen LogP contribution is -2.28. The molecule has 1 aliphatic rings. The molecule has 4 heteroatoms. The fourth-order valence-electron chi connectivity index (χ4n) is 1.74. The molecule has 0 saturated heterocycles. The van der Waals surface area contributed by atoms with Gasteiger partial charge in [0.25, 0.3) is 0 Å². The first-order valence-electron chi connectivity index (χ1n) is 6.00. The van der Waals surface area contributed by atoms with Crippen molar-refractivity contribution in [3.8, 4) is 0 Å². The van der Waals surface area contributed by atoms with Crippen LogP contribution >= 0.6 is 11.3 Å². The van der Waals surface area contributed by atoms with Crippen molar-refractivity contribution in [1.29, 1.82) is 0 Å². The summed E-state index contributed by atoms with van der Waals surface area (Å²) in [5.41, 5.74) is 1.15. The lowest BCUT2D eigenvalue weighted by atomic mass is 10.2. The predicted octanol–water partition coefficient (Wildman–Crippen LogP) is 2.22. The Bertz CT molecular complexity index is 336. The van der Waals surface area contributed by atoms with Crippen LogP contribution in [0.4, 0.5) is 0 Å². The van der Waals surface area contributed by atoms with Gasteiger partial charge >= 0.3 is 0 Å². The molecule has 1 saturated carbocycles. The lowest BCUT2D eigenvalue weighted by Gasteiger charge is -2.18. The van der Waals surface area contributed by atoms with E-state index in [4.69, 9.17) is 0 Å². The van der Waals surface area contributed by atoms with Gasteiger partial charge in [0.05, 0.1) is 16.8 Å². The normalized spacial score (nSPS) is 18.0. The van der Waals surface area contributed by atoms with Gasteiger partial charge in [-0.1, -0.05) is 6.92 Å². The number of aliphatic hydroxyl groups excluding tert-OH is 1. The summed E-state index contributed by atoms with van der Waals surface area (Å²) in [5, 5.41) is 13.0. The Balaban J connectivity index is 1.82. The maximum Gasteiger partial charge on any atom is 0.0959 e. The molecular weight excluding hydrogens is 220 g/mol. The molecule has 1 atom stereocenters. The molecular formula is C12H20N2OS. The maximum atomic E-state index is 9.55. The maximum absolute atomic E-state index is 9.55. The molecule has 0 amide bonds. The summed E-state index contributed by atoms with van der Waals surface area (Å²) in [7, 11) is 2.04. The Hall–Kier alpha value is -0.450. The summed E-state index contributed by atoms with van der Waals surface area (Å²) in [4.78, 5) is 6.78. The van der Waals surface area contributed by atoms with Gasteiger partial charge in [-0.25, -0.2) is 4.98 Å². The molecule has 1 N–H and O–H groups in total. The Labute approximate surface area is 101 Å². The molecule has 0 aromatic carbocycles. The van der Waals surface area contributed by atoms with Crippen LogP contribution < -0.4 is 0 Å². The minimum atomic E-state index is -0.216. The van der Waals surface area contributed by atoms with Crippen molar-refractivity contribution in [2.75, 3.05) is 13.6 Å². The van der Waals surface area contributed by atoms with Crippen molar-refractivity contribution >= 4 is 11.3 Å². The molecule has 16 heavy (non-hydrogen) atoms. The summed E-state index contributed by atoms with van der Waals surface area (Å²) in [6.07, 6.45) is 3.23. The smallest absolute Gasteiger partial charge is 0.0959 e. The van der Waals surface area contributed by atoms with Gasteiger partial charge < -0.3 is 5.11 Å². The highest BCUT2D eigenvalue weighted by atomic mass is 32.1. The molecule has 0 aliphatic heterocycles. The average Bonchev–Trinajstić information content (AvgIpc) is 3.00. The molecule has 1 aromatic rings. The molecule has 1 aliphatic carbocycles. The summed E-state index contributed by atoms with van der Waals surface area (Å²) < 4.78 is 0. The van der Waals surface area contributed by atoms with Crippen LogP contribution in [0.25, 0.3) is 0 Å². The summed E-state index contributed by atoms with van der Waals surface area (Å²) in [6, 6.07) is 0. The van der Waals surface area contributed by atoms with Crippen LogP contribution in [0.3, 0.4) is 0 Å². The Kier molecular flexibility index (Phi) is 3.95. The van der Waals surface area contributed by atoms with Crippen molar-refractivity contribution in [3.63, 3.8) is 0 Å². The molecule has 1 heterocycles. The molecule has 0 bridgehead atoms. The highest BCUT2D eigenvalue weighted by Crippen LogP contribution is 2.41. The Morgan fingerprint density at radius 3 is 3.00 bits per heavy atom. The Morgan fingerprint density at radius 2 is 2.38 bits per heavy atom. The Morgan fingerprint density at radius 1 is 1.62 bits per heavy atom. The fourth-order valence-corrected chi connectivity index (χ4v) is 2.73. The summed E-state index contributed by atoms with van der Waals surface area (Å²) >= 11 is 1.79. The number of aromatic nitrogens is 1. The van der Waals surface area contributed by atoms with Crippen molar-refractivity contribution in [2.45, 2.75) is 44.8 Å². The van der Waals surface area contributed by atoms with E-state index in [-0.39, 0.29) is 6.10 Å². The van der Waals surface area contributed by atoms with E-state index in [0.29, 0.717) is 0 Å². The van der Waals surface area contributed by atoms with Crippen LogP contribution in [-0.2, 0) is 6.54 Å². The second-order valence-electron chi connectivity index (χ2n) is 4.71. The molecule has 3 nitrogen and oxygen atoms in total. The van der Waals surface area contributed by atoms with Gasteiger partial charge in [0.15, 0.2) is 0 Å². The second-order valence-corrected chi connectivity index (χ2v) is 5.60. The first kappa shape index (κ1) is 12.0. The zero-order chi connectivity index (χ0) is 11.5. The zero-order valence-corrected chi connectivity index (χ0v) is 10.8. The van der Waals surface area contributed by atoms with Gasteiger partial charge in [-0.05, 0) is 26.3 Å². The monoisotopic (exact) mass is 240 g/mol. The van der Waals surface area contributed by atoms with Crippen molar-refractivity contribution < 1.29 is 5.11 Å². The number of likely N-dealkylation sites (N-methyl/N-ethyl adjacent to an activating group) is 1. The molecule has 0 spiro atoms. The molecule has 0 radical (unpaired) electrons. The highest BCUT2D eigenvalue weighted by molar-refractivity contribution is 7.09. The van der Waals surface area contributed by atoms with Gasteiger partial charge in [0, 0.05) is 24.4 Å². The summed E-state index contributed by atoms with van der Waals surface area (Å²) in [5.74, 6) is 0.755. The molecule has 1 fully saturated rings. The van der Waals surface area contributed by atoms with E-state index in [1.165, 1.54) is 17.8 Å². The van der Waals surface area contributed by atoms with E-state index in [1.54, 1.807) is 11.3 Å². The standard InChI is InChI=1S/C12H20N2OS/c1-3-11(15)7-14(2)6-10-8-16-12(13-10)9-4-5-9/h8-9,11,15H,3-7H2,1-2H3. The van der Waals surface area contributed by atoms with E-state index >= 15 is 0 Å². The van der Waals surface area contributed by atoms with Crippen molar-refractivity contribution in [2.24, 2.45) is 0 Å². The lowest BCUT2D eigenvalue weighted by molar-refractivity contribution is 0.119. The largest absolute Gasteiger partial charge is 0.392 e. The highest BCUT2D eigenvalue weighted by Gasteiger charge is 2.26. The fraction of sp³-hybridized carbons (Fsp3) is 0.750. The minimum absolute atomic E-state index is 0.216. The molecule has 1 aromatic heterocycles. The number of rotatable bonds is 6. The SMILES string of the molecule is CCC(O)CN(C)Cc1csc(C2CC2)n1.